The molecule has 146 valence electrons. The molecule has 1 fully saturated rings. The van der Waals surface area contributed by atoms with Gasteiger partial charge in [0.15, 0.2) is 16.9 Å². The zero-order chi connectivity index (χ0) is 20.8. The molecular weight excluding hydrogens is 370 g/mol. The molecule has 2 aliphatic heterocycles. The van der Waals surface area contributed by atoms with Gasteiger partial charge < -0.3 is 24.5 Å². The fourth-order valence-corrected chi connectivity index (χ4v) is 4.66. The first-order chi connectivity index (χ1) is 14.0. The molecule has 1 aromatic carbocycles. The Morgan fingerprint density at radius 2 is 2.00 bits per heavy atom. The van der Waals surface area contributed by atoms with Crippen LogP contribution < -0.4 is 14.2 Å². The number of benzene rings is 1. The van der Waals surface area contributed by atoms with E-state index in [2.05, 4.69) is 23.1 Å². The number of hydrogen-bond donors (Lipinski definition) is 1. The molecule has 1 unspecified atom stereocenters. The van der Waals surface area contributed by atoms with Crippen LogP contribution in [0.25, 0.3) is 0 Å². The van der Waals surface area contributed by atoms with E-state index < -0.39 is 17.3 Å². The molecule has 3 aliphatic rings. The molecule has 1 saturated carbocycles. The average molecular weight is 389 g/mol. The van der Waals surface area contributed by atoms with Crippen molar-refractivity contribution in [1.29, 1.82) is 21.2 Å². The maximum Gasteiger partial charge on any atom is 0.231 e. The number of methoxy groups -OCH3 is 1. The van der Waals surface area contributed by atoms with E-state index in [0.29, 0.717) is 35.9 Å². The molecule has 4 rings (SSSR count). The Hall–Kier alpha value is -3.54. The van der Waals surface area contributed by atoms with E-state index in [4.69, 9.17) is 19.6 Å². The van der Waals surface area contributed by atoms with Crippen molar-refractivity contribution in [3.8, 4) is 35.5 Å². The molecule has 0 saturated heterocycles. The maximum atomic E-state index is 10.1. The van der Waals surface area contributed by atoms with E-state index in [-0.39, 0.29) is 18.4 Å². The highest BCUT2D eigenvalue weighted by molar-refractivity contribution is 6.00. The van der Waals surface area contributed by atoms with Gasteiger partial charge in [0.1, 0.15) is 5.92 Å². The Balaban J connectivity index is 1.97. The summed E-state index contributed by atoms with van der Waals surface area (Å²) in [5.74, 6) is -0.381. The van der Waals surface area contributed by atoms with Gasteiger partial charge in [-0.3, -0.25) is 0 Å². The lowest BCUT2D eigenvalue weighted by molar-refractivity contribution is 0.171. The molecule has 0 amide bonds. The lowest BCUT2D eigenvalue weighted by Gasteiger charge is -2.47. The second kappa shape index (κ2) is 6.81. The molecule has 1 N–H and O–H groups in total. The minimum Gasteiger partial charge on any atom is -0.493 e. The van der Waals surface area contributed by atoms with Gasteiger partial charge in [-0.05, 0) is 30.3 Å². The number of nitrogens with one attached hydrogen (secondary N) is 1. The highest BCUT2D eigenvalue weighted by Crippen LogP contribution is 2.55. The molecule has 0 spiro atoms. The van der Waals surface area contributed by atoms with E-state index in [0.717, 1.165) is 5.57 Å². The molecule has 0 aromatic heterocycles. The van der Waals surface area contributed by atoms with Crippen molar-refractivity contribution in [2.24, 2.45) is 17.3 Å². The Bertz CT molecular complexity index is 1030. The Morgan fingerprint density at radius 3 is 2.66 bits per heavy atom. The fraction of sp³-hybridized carbons (Fsp3) is 0.429. The second-order valence-electron chi connectivity index (χ2n) is 7.47. The van der Waals surface area contributed by atoms with Crippen molar-refractivity contribution >= 4 is 5.71 Å². The van der Waals surface area contributed by atoms with Gasteiger partial charge in [-0.2, -0.15) is 15.8 Å². The number of hydrogen-bond acceptors (Lipinski definition) is 8. The normalized spacial score (nSPS) is 27.1. The van der Waals surface area contributed by atoms with E-state index in [1.54, 1.807) is 12.1 Å². The van der Waals surface area contributed by atoms with Crippen LogP contribution in [0.5, 0.6) is 17.2 Å². The molecule has 0 radical (unpaired) electrons. The molecule has 1 aliphatic carbocycles. The summed E-state index contributed by atoms with van der Waals surface area (Å²) in [5.41, 5.74) is -0.474. The lowest BCUT2D eigenvalue weighted by Crippen LogP contribution is -2.52. The molecule has 8 heteroatoms. The Morgan fingerprint density at radius 1 is 1.24 bits per heavy atom. The van der Waals surface area contributed by atoms with Crippen molar-refractivity contribution in [3.63, 3.8) is 0 Å². The topological polar surface area (TPSA) is 126 Å². The van der Waals surface area contributed by atoms with Crippen LogP contribution in [0.1, 0.15) is 11.5 Å². The minimum atomic E-state index is -1.76. The molecule has 2 heterocycles. The average Bonchev–Trinajstić information content (AvgIpc) is 3.21. The van der Waals surface area contributed by atoms with Gasteiger partial charge >= 0.3 is 0 Å². The second-order valence-corrected chi connectivity index (χ2v) is 7.47. The zero-order valence-corrected chi connectivity index (χ0v) is 16.1. The Kier molecular flexibility index (Phi) is 4.42. The van der Waals surface area contributed by atoms with Crippen LogP contribution in [0.15, 0.2) is 23.8 Å². The standard InChI is InChI=1S/C21H19N5O3/c1-26-4-3-13-14(7-22)20(25)21(9-23,10-24)18(15(13)8-26)12-5-16(27-2)19-17(6-12)28-11-29-19/h3,5-6,14-15,18,25H,4,8,11H2,1-2H3/t14?,15-,18-/m1/s1. The molecule has 8 nitrogen and oxygen atoms in total. The summed E-state index contributed by atoms with van der Waals surface area (Å²) in [5, 5.41) is 38.6. The SMILES string of the molecule is COc1cc([C@@H]2[C@@H]3CN(C)CC=C3C(C#N)C(=N)C2(C#N)C#N)cc2c1OCO2. The smallest absolute Gasteiger partial charge is 0.231 e. The van der Waals surface area contributed by atoms with Gasteiger partial charge in [-0.1, -0.05) is 6.08 Å². The number of fused-ring (bicyclic) bond motifs is 2. The molecular formula is C21H19N5O3. The third-order valence-corrected chi connectivity index (χ3v) is 6.01. The largest absolute Gasteiger partial charge is 0.493 e. The van der Waals surface area contributed by atoms with Crippen LogP contribution in [-0.2, 0) is 0 Å². The van der Waals surface area contributed by atoms with Gasteiger partial charge in [-0.15, -0.1) is 0 Å². The zero-order valence-electron chi connectivity index (χ0n) is 16.1. The molecule has 0 bridgehead atoms. The van der Waals surface area contributed by atoms with Gasteiger partial charge in [-0.25, -0.2) is 0 Å². The Labute approximate surface area is 168 Å². The third-order valence-electron chi connectivity index (χ3n) is 6.01. The highest BCUT2D eigenvalue weighted by atomic mass is 16.7. The maximum absolute atomic E-state index is 10.1. The molecule has 1 aromatic rings. The number of likely N-dealkylation sites (N-methyl/N-ethyl adjacent to an activating group) is 1. The first-order valence-electron chi connectivity index (χ1n) is 9.17. The number of nitriles is 3. The van der Waals surface area contributed by atoms with E-state index in [1.807, 2.05) is 13.1 Å². The van der Waals surface area contributed by atoms with Crippen molar-refractivity contribution in [1.82, 2.24) is 4.90 Å². The van der Waals surface area contributed by atoms with Gasteiger partial charge in [0.25, 0.3) is 0 Å². The van der Waals surface area contributed by atoms with Crippen LogP contribution in [0.2, 0.25) is 0 Å². The van der Waals surface area contributed by atoms with Crippen LogP contribution >= 0.6 is 0 Å². The van der Waals surface area contributed by atoms with Crippen molar-refractivity contribution in [2.75, 3.05) is 34.0 Å². The van der Waals surface area contributed by atoms with Crippen LogP contribution in [0, 0.1) is 56.7 Å². The monoisotopic (exact) mass is 389 g/mol. The summed E-state index contributed by atoms with van der Waals surface area (Å²) in [4.78, 5) is 2.08. The van der Waals surface area contributed by atoms with E-state index >= 15 is 0 Å². The van der Waals surface area contributed by atoms with Crippen molar-refractivity contribution < 1.29 is 14.2 Å². The van der Waals surface area contributed by atoms with E-state index in [1.165, 1.54) is 7.11 Å². The first-order valence-corrected chi connectivity index (χ1v) is 9.17. The van der Waals surface area contributed by atoms with Gasteiger partial charge in [0, 0.05) is 24.9 Å². The summed E-state index contributed by atoms with van der Waals surface area (Å²) in [6.07, 6.45) is 1.95. The summed E-state index contributed by atoms with van der Waals surface area (Å²) in [7, 11) is 3.46. The fourth-order valence-electron chi connectivity index (χ4n) is 4.66. The number of rotatable bonds is 2. The minimum absolute atomic E-state index is 0.0606. The number of ether oxygens (including phenoxy) is 3. The predicted octanol–water partition coefficient (Wildman–Crippen LogP) is 2.20. The van der Waals surface area contributed by atoms with Crippen molar-refractivity contribution in [2.45, 2.75) is 5.92 Å². The molecule has 3 atom stereocenters. The number of nitrogens with zero attached hydrogens (tertiary/aromatic N) is 4. The summed E-state index contributed by atoms with van der Waals surface area (Å²) in [6, 6.07) is 9.82. The summed E-state index contributed by atoms with van der Waals surface area (Å²) < 4.78 is 16.4. The lowest BCUT2D eigenvalue weighted by atomic mass is 9.54. The van der Waals surface area contributed by atoms with Gasteiger partial charge in [0.2, 0.25) is 12.5 Å². The summed E-state index contributed by atoms with van der Waals surface area (Å²) in [6.45, 7) is 1.29. The quantitative estimate of drug-likeness (QED) is 0.768. The van der Waals surface area contributed by atoms with E-state index in [9.17, 15) is 15.8 Å². The van der Waals surface area contributed by atoms with Crippen molar-refractivity contribution in [3.05, 3.63) is 29.3 Å². The highest BCUT2D eigenvalue weighted by Gasteiger charge is 2.57. The third kappa shape index (κ3) is 2.56. The van der Waals surface area contributed by atoms with Gasteiger partial charge in [0.05, 0.1) is 31.0 Å². The van der Waals surface area contributed by atoms with Crippen LogP contribution in [-0.4, -0.2) is 44.7 Å². The van der Waals surface area contributed by atoms with Crippen LogP contribution in [0.3, 0.4) is 0 Å². The molecule has 29 heavy (non-hydrogen) atoms. The predicted molar refractivity (Wildman–Crippen MR) is 101 cm³/mol. The summed E-state index contributed by atoms with van der Waals surface area (Å²) >= 11 is 0. The first kappa shape index (κ1) is 18.8. The van der Waals surface area contributed by atoms with Crippen LogP contribution in [0.4, 0.5) is 0 Å².